The van der Waals surface area contributed by atoms with E-state index in [1.165, 1.54) is 19.1 Å². The summed E-state index contributed by atoms with van der Waals surface area (Å²) in [5, 5.41) is 5.54. The summed E-state index contributed by atoms with van der Waals surface area (Å²) in [6.45, 7) is 1.44. The fourth-order valence-electron chi connectivity index (χ4n) is 2.95. The van der Waals surface area contributed by atoms with Gasteiger partial charge in [0.05, 0.1) is 6.42 Å². The third-order valence-corrected chi connectivity index (χ3v) is 4.40. The minimum absolute atomic E-state index is 0.101. The number of esters is 1. The molecule has 31 heavy (non-hydrogen) atoms. The Balaban J connectivity index is 1.64. The molecule has 3 rings (SSSR count). The van der Waals surface area contributed by atoms with Gasteiger partial charge in [0.15, 0.2) is 0 Å². The first-order valence-corrected chi connectivity index (χ1v) is 9.60. The number of carbonyl (C=O) groups is 3. The zero-order chi connectivity index (χ0) is 22.2. The maximum Gasteiger partial charge on any atom is 0.308 e. The summed E-state index contributed by atoms with van der Waals surface area (Å²) in [5.74, 6) is -1.35. The molecule has 0 atom stereocenters. The van der Waals surface area contributed by atoms with E-state index in [-0.39, 0.29) is 30.5 Å². The van der Waals surface area contributed by atoms with Crippen molar-refractivity contribution in [3.05, 3.63) is 95.3 Å². The van der Waals surface area contributed by atoms with Gasteiger partial charge in [-0.25, -0.2) is 4.39 Å². The van der Waals surface area contributed by atoms with Crippen molar-refractivity contribution in [3.63, 3.8) is 0 Å². The Bertz CT molecular complexity index is 1110. The molecule has 3 aromatic rings. The van der Waals surface area contributed by atoms with Crippen molar-refractivity contribution < 1.29 is 23.5 Å². The molecule has 0 radical (unpaired) electrons. The lowest BCUT2D eigenvalue weighted by Gasteiger charge is -2.13. The zero-order valence-corrected chi connectivity index (χ0v) is 16.9. The van der Waals surface area contributed by atoms with Crippen molar-refractivity contribution >= 4 is 23.5 Å². The SMILES string of the molecule is CC(=O)Oc1cccc(C(=O)NCc2ccccc2NC(=O)Cc2ccccc2F)c1. The van der Waals surface area contributed by atoms with E-state index in [4.69, 9.17) is 4.74 Å². The highest BCUT2D eigenvalue weighted by molar-refractivity contribution is 5.95. The van der Waals surface area contributed by atoms with Gasteiger partial charge in [-0.3, -0.25) is 14.4 Å². The van der Waals surface area contributed by atoms with Crippen LogP contribution in [-0.4, -0.2) is 17.8 Å². The number of carbonyl (C=O) groups excluding carboxylic acids is 3. The maximum atomic E-state index is 13.8. The second-order valence-electron chi connectivity index (χ2n) is 6.78. The summed E-state index contributed by atoms with van der Waals surface area (Å²) in [7, 11) is 0. The molecule has 0 bridgehead atoms. The summed E-state index contributed by atoms with van der Waals surface area (Å²) >= 11 is 0. The molecular weight excluding hydrogens is 399 g/mol. The highest BCUT2D eigenvalue weighted by Crippen LogP contribution is 2.17. The second-order valence-corrected chi connectivity index (χ2v) is 6.78. The Kier molecular flexibility index (Phi) is 7.11. The molecule has 0 saturated heterocycles. The van der Waals surface area contributed by atoms with Gasteiger partial charge in [-0.05, 0) is 41.5 Å². The molecule has 2 N–H and O–H groups in total. The number of rotatable bonds is 7. The van der Waals surface area contributed by atoms with Crippen LogP contribution in [0.15, 0.2) is 72.8 Å². The van der Waals surface area contributed by atoms with Gasteiger partial charge in [-0.2, -0.15) is 0 Å². The van der Waals surface area contributed by atoms with Crippen LogP contribution in [-0.2, 0) is 22.6 Å². The molecule has 2 amide bonds. The van der Waals surface area contributed by atoms with Crippen LogP contribution in [0.5, 0.6) is 5.75 Å². The number of nitrogens with one attached hydrogen (secondary N) is 2. The van der Waals surface area contributed by atoms with Crippen LogP contribution in [0, 0.1) is 5.82 Å². The van der Waals surface area contributed by atoms with Crippen molar-refractivity contribution in [2.45, 2.75) is 19.9 Å². The van der Waals surface area contributed by atoms with E-state index >= 15 is 0 Å². The number of amides is 2. The molecule has 0 aliphatic heterocycles. The molecule has 0 saturated carbocycles. The number of halogens is 1. The molecular formula is C24H21FN2O4. The molecule has 0 aliphatic carbocycles. The van der Waals surface area contributed by atoms with E-state index in [2.05, 4.69) is 10.6 Å². The van der Waals surface area contributed by atoms with E-state index in [9.17, 15) is 18.8 Å². The number of para-hydroxylation sites is 1. The first-order chi connectivity index (χ1) is 14.9. The Labute approximate surface area is 179 Å². The van der Waals surface area contributed by atoms with Crippen LogP contribution in [0.2, 0.25) is 0 Å². The van der Waals surface area contributed by atoms with Crippen LogP contribution in [0.3, 0.4) is 0 Å². The van der Waals surface area contributed by atoms with Crippen LogP contribution < -0.4 is 15.4 Å². The summed E-state index contributed by atoms with van der Waals surface area (Å²) in [6, 6.07) is 19.4. The van der Waals surface area contributed by atoms with E-state index in [0.717, 1.165) is 0 Å². The molecule has 0 aromatic heterocycles. The summed E-state index contributed by atoms with van der Waals surface area (Å²) < 4.78 is 18.8. The lowest BCUT2D eigenvalue weighted by atomic mass is 10.1. The Morgan fingerprint density at radius 2 is 1.61 bits per heavy atom. The Hall–Kier alpha value is -4.00. The number of hydrogen-bond donors (Lipinski definition) is 2. The first kappa shape index (κ1) is 21.7. The zero-order valence-electron chi connectivity index (χ0n) is 16.9. The monoisotopic (exact) mass is 420 g/mol. The quantitative estimate of drug-likeness (QED) is 0.449. The van der Waals surface area contributed by atoms with Gasteiger partial charge in [-0.15, -0.1) is 0 Å². The molecule has 0 heterocycles. The average Bonchev–Trinajstić information content (AvgIpc) is 2.74. The third-order valence-electron chi connectivity index (χ3n) is 4.40. The van der Waals surface area contributed by atoms with Gasteiger partial charge < -0.3 is 15.4 Å². The van der Waals surface area contributed by atoms with E-state index in [0.29, 0.717) is 22.4 Å². The van der Waals surface area contributed by atoms with Crippen molar-refractivity contribution in [2.24, 2.45) is 0 Å². The molecule has 0 unspecified atom stereocenters. The van der Waals surface area contributed by atoms with Gasteiger partial charge in [0.25, 0.3) is 5.91 Å². The minimum atomic E-state index is -0.474. The normalized spacial score (nSPS) is 10.3. The molecule has 0 aliphatic rings. The smallest absolute Gasteiger partial charge is 0.308 e. The van der Waals surface area contributed by atoms with Gasteiger partial charge in [-0.1, -0.05) is 42.5 Å². The van der Waals surface area contributed by atoms with Crippen LogP contribution in [0.25, 0.3) is 0 Å². The van der Waals surface area contributed by atoms with E-state index in [1.54, 1.807) is 60.7 Å². The summed E-state index contributed by atoms with van der Waals surface area (Å²) in [6.07, 6.45) is -0.101. The Morgan fingerprint density at radius 3 is 2.35 bits per heavy atom. The fourth-order valence-corrected chi connectivity index (χ4v) is 2.95. The van der Waals surface area contributed by atoms with Crippen molar-refractivity contribution in [3.8, 4) is 5.75 Å². The average molecular weight is 420 g/mol. The van der Waals surface area contributed by atoms with Gasteiger partial charge in [0.2, 0.25) is 5.91 Å². The first-order valence-electron chi connectivity index (χ1n) is 9.60. The molecule has 0 spiro atoms. The molecule has 6 nitrogen and oxygen atoms in total. The number of ether oxygens (including phenoxy) is 1. The van der Waals surface area contributed by atoms with Crippen molar-refractivity contribution in [2.75, 3.05) is 5.32 Å². The summed E-state index contributed by atoms with van der Waals surface area (Å²) in [4.78, 5) is 35.9. The highest BCUT2D eigenvalue weighted by Gasteiger charge is 2.12. The van der Waals surface area contributed by atoms with Crippen LogP contribution in [0.4, 0.5) is 10.1 Å². The second kappa shape index (κ2) is 10.2. The van der Waals surface area contributed by atoms with Gasteiger partial charge in [0.1, 0.15) is 11.6 Å². The Morgan fingerprint density at radius 1 is 0.903 bits per heavy atom. The maximum absolute atomic E-state index is 13.8. The lowest BCUT2D eigenvalue weighted by molar-refractivity contribution is -0.131. The third kappa shape index (κ3) is 6.24. The number of benzene rings is 3. The van der Waals surface area contributed by atoms with Crippen molar-refractivity contribution in [1.82, 2.24) is 5.32 Å². The van der Waals surface area contributed by atoms with Crippen molar-refractivity contribution in [1.29, 1.82) is 0 Å². The molecule has 158 valence electrons. The highest BCUT2D eigenvalue weighted by atomic mass is 19.1. The fraction of sp³-hybridized carbons (Fsp3) is 0.125. The van der Waals surface area contributed by atoms with E-state index in [1.807, 2.05) is 0 Å². The van der Waals surface area contributed by atoms with Crippen LogP contribution >= 0.6 is 0 Å². The van der Waals surface area contributed by atoms with Gasteiger partial charge >= 0.3 is 5.97 Å². The predicted octanol–water partition coefficient (Wildman–Crippen LogP) is 3.86. The van der Waals surface area contributed by atoms with Gasteiger partial charge in [0, 0.05) is 24.7 Å². The minimum Gasteiger partial charge on any atom is -0.427 e. The summed E-state index contributed by atoms with van der Waals surface area (Å²) in [5.41, 5.74) is 1.85. The molecule has 0 fully saturated rings. The topological polar surface area (TPSA) is 84.5 Å². The molecule has 7 heteroatoms. The largest absolute Gasteiger partial charge is 0.427 e. The predicted molar refractivity (Wildman–Crippen MR) is 114 cm³/mol. The van der Waals surface area contributed by atoms with Crippen LogP contribution in [0.1, 0.15) is 28.4 Å². The number of hydrogen-bond acceptors (Lipinski definition) is 4. The number of anilines is 1. The molecule has 3 aromatic carbocycles. The van der Waals surface area contributed by atoms with E-state index < -0.39 is 11.8 Å². The standard InChI is InChI=1S/C24H21FN2O4/c1-16(28)31-20-10-6-9-18(13-20)24(30)26-15-19-8-3-5-12-22(19)27-23(29)14-17-7-2-4-11-21(17)25/h2-13H,14-15H2,1H3,(H,26,30)(H,27,29). The lowest BCUT2D eigenvalue weighted by Crippen LogP contribution is -2.24.